The fourth-order valence-corrected chi connectivity index (χ4v) is 4.21. The Kier molecular flexibility index (Phi) is 6.62. The van der Waals surface area contributed by atoms with Crippen molar-refractivity contribution in [2.24, 2.45) is 5.73 Å². The highest BCUT2D eigenvalue weighted by Crippen LogP contribution is 2.28. The number of hydrogen-bond acceptors (Lipinski definition) is 3. The molecule has 0 saturated heterocycles. The molecule has 1 atom stereocenters. The predicted octanol–water partition coefficient (Wildman–Crippen LogP) is 4.05. The standard InChI is InChI=1S/C24H26BrN5O2/c1-14-4-6-20-16(10-14)19(13-29-20)23(31)30-22(24(32)27-9-3-2-8-26)18-12-28-21-7-5-15(25)11-17(18)21/h4-7,10-13,22,28-29H,2-3,8-9,26H2,1H3,(H,27,32)(H,30,31). The highest BCUT2D eigenvalue weighted by atomic mass is 79.9. The molecule has 8 heteroatoms. The fourth-order valence-electron chi connectivity index (χ4n) is 3.85. The Morgan fingerprint density at radius 2 is 1.78 bits per heavy atom. The second-order valence-corrected chi connectivity index (χ2v) is 8.79. The zero-order chi connectivity index (χ0) is 22.7. The van der Waals surface area contributed by atoms with Gasteiger partial charge in [0, 0.05) is 50.8 Å². The molecule has 166 valence electrons. The number of fused-ring (bicyclic) bond motifs is 2. The molecule has 0 spiro atoms. The van der Waals surface area contributed by atoms with Gasteiger partial charge in [-0.2, -0.15) is 0 Å². The first-order valence-electron chi connectivity index (χ1n) is 10.6. The van der Waals surface area contributed by atoms with Crippen LogP contribution in [0.15, 0.2) is 53.3 Å². The molecule has 4 rings (SSSR count). The minimum atomic E-state index is -0.849. The number of amides is 2. The maximum absolute atomic E-state index is 13.3. The van der Waals surface area contributed by atoms with Gasteiger partial charge in [0.15, 0.2) is 0 Å². The number of benzene rings is 2. The Morgan fingerprint density at radius 1 is 1.03 bits per heavy atom. The van der Waals surface area contributed by atoms with E-state index in [1.807, 2.05) is 43.3 Å². The van der Waals surface area contributed by atoms with Crippen LogP contribution in [0.25, 0.3) is 21.8 Å². The lowest BCUT2D eigenvalue weighted by Crippen LogP contribution is -2.40. The first-order chi connectivity index (χ1) is 15.5. The van der Waals surface area contributed by atoms with Crippen molar-refractivity contribution >= 4 is 49.6 Å². The molecule has 0 saturated carbocycles. The molecule has 2 amide bonds. The summed E-state index contributed by atoms with van der Waals surface area (Å²) in [6.07, 6.45) is 5.07. The minimum absolute atomic E-state index is 0.257. The summed E-state index contributed by atoms with van der Waals surface area (Å²) in [5, 5.41) is 7.59. The van der Waals surface area contributed by atoms with Crippen molar-refractivity contribution in [2.45, 2.75) is 25.8 Å². The summed E-state index contributed by atoms with van der Waals surface area (Å²) >= 11 is 3.50. The van der Waals surface area contributed by atoms with Crippen molar-refractivity contribution < 1.29 is 9.59 Å². The number of aromatic nitrogens is 2. The van der Waals surface area contributed by atoms with Crippen molar-refractivity contribution in [3.8, 4) is 0 Å². The molecule has 0 fully saturated rings. The van der Waals surface area contributed by atoms with Crippen molar-refractivity contribution in [3.63, 3.8) is 0 Å². The van der Waals surface area contributed by atoms with Crippen LogP contribution in [0.5, 0.6) is 0 Å². The lowest BCUT2D eigenvalue weighted by molar-refractivity contribution is -0.123. The van der Waals surface area contributed by atoms with Crippen molar-refractivity contribution in [1.82, 2.24) is 20.6 Å². The summed E-state index contributed by atoms with van der Waals surface area (Å²) in [7, 11) is 0. The summed E-state index contributed by atoms with van der Waals surface area (Å²) < 4.78 is 0.895. The first-order valence-corrected chi connectivity index (χ1v) is 11.4. The van der Waals surface area contributed by atoms with Crippen molar-refractivity contribution in [1.29, 1.82) is 0 Å². The van der Waals surface area contributed by atoms with Crippen LogP contribution in [0.1, 0.15) is 40.4 Å². The summed E-state index contributed by atoms with van der Waals surface area (Å²) in [5.41, 5.74) is 9.59. The van der Waals surface area contributed by atoms with E-state index in [-0.39, 0.29) is 11.8 Å². The van der Waals surface area contributed by atoms with E-state index in [0.29, 0.717) is 24.2 Å². The SMILES string of the molecule is Cc1ccc2[nH]cc(C(=O)NC(C(=O)NCCCCN)c3c[nH]c4ccc(Br)cc34)c2c1. The number of hydrogen-bond donors (Lipinski definition) is 5. The number of carbonyl (C=O) groups is 2. The molecule has 0 radical (unpaired) electrons. The lowest BCUT2D eigenvalue weighted by Gasteiger charge is -2.18. The van der Waals surface area contributed by atoms with E-state index in [2.05, 4.69) is 36.5 Å². The van der Waals surface area contributed by atoms with Crippen LogP contribution in [0.4, 0.5) is 0 Å². The second-order valence-electron chi connectivity index (χ2n) is 7.88. The molecule has 4 aromatic rings. The molecule has 0 bridgehead atoms. The molecule has 6 N–H and O–H groups in total. The normalized spacial score (nSPS) is 12.2. The van der Waals surface area contributed by atoms with E-state index in [1.165, 1.54) is 0 Å². The smallest absolute Gasteiger partial charge is 0.254 e. The third-order valence-electron chi connectivity index (χ3n) is 5.54. The van der Waals surface area contributed by atoms with E-state index in [4.69, 9.17) is 5.73 Å². The molecule has 0 aliphatic heterocycles. The van der Waals surface area contributed by atoms with Gasteiger partial charge in [0.2, 0.25) is 5.91 Å². The Bertz CT molecular complexity index is 1280. The molecule has 32 heavy (non-hydrogen) atoms. The number of unbranched alkanes of at least 4 members (excludes halogenated alkanes) is 1. The van der Waals surface area contributed by atoms with Gasteiger partial charge in [0.25, 0.3) is 5.91 Å². The summed E-state index contributed by atoms with van der Waals surface area (Å²) in [4.78, 5) is 32.8. The average molecular weight is 496 g/mol. The van der Waals surface area contributed by atoms with E-state index in [9.17, 15) is 9.59 Å². The topological polar surface area (TPSA) is 116 Å². The van der Waals surface area contributed by atoms with Crippen LogP contribution in [0, 0.1) is 6.92 Å². The number of halogens is 1. The predicted molar refractivity (Wildman–Crippen MR) is 131 cm³/mol. The van der Waals surface area contributed by atoms with E-state index in [1.54, 1.807) is 12.4 Å². The molecule has 1 unspecified atom stereocenters. The van der Waals surface area contributed by atoms with Crippen LogP contribution in [0.2, 0.25) is 0 Å². The number of nitrogens with two attached hydrogens (primary N) is 1. The molecule has 7 nitrogen and oxygen atoms in total. The Morgan fingerprint density at radius 3 is 2.59 bits per heavy atom. The third kappa shape index (κ3) is 4.56. The van der Waals surface area contributed by atoms with Crippen LogP contribution < -0.4 is 16.4 Å². The molecule has 2 heterocycles. The van der Waals surface area contributed by atoms with Crippen LogP contribution in [0.3, 0.4) is 0 Å². The fraction of sp³-hybridized carbons (Fsp3) is 0.250. The average Bonchev–Trinajstić information content (AvgIpc) is 3.38. The third-order valence-corrected chi connectivity index (χ3v) is 6.03. The summed E-state index contributed by atoms with van der Waals surface area (Å²) in [5.74, 6) is -0.569. The van der Waals surface area contributed by atoms with Gasteiger partial charge in [-0.1, -0.05) is 27.6 Å². The zero-order valence-electron chi connectivity index (χ0n) is 17.8. The lowest BCUT2D eigenvalue weighted by atomic mass is 10.0. The van der Waals surface area contributed by atoms with Gasteiger partial charge in [0.05, 0.1) is 5.56 Å². The maximum atomic E-state index is 13.3. The number of aromatic amines is 2. The van der Waals surface area contributed by atoms with Crippen LogP contribution >= 0.6 is 15.9 Å². The largest absolute Gasteiger partial charge is 0.361 e. The van der Waals surface area contributed by atoms with Gasteiger partial charge in [-0.3, -0.25) is 9.59 Å². The molecule has 0 aliphatic rings. The monoisotopic (exact) mass is 495 g/mol. The van der Waals surface area contributed by atoms with Gasteiger partial charge >= 0.3 is 0 Å². The Hall–Kier alpha value is -3.10. The number of carbonyl (C=O) groups excluding carboxylic acids is 2. The maximum Gasteiger partial charge on any atom is 0.254 e. The zero-order valence-corrected chi connectivity index (χ0v) is 19.4. The highest BCUT2D eigenvalue weighted by molar-refractivity contribution is 9.10. The van der Waals surface area contributed by atoms with E-state index < -0.39 is 6.04 Å². The second kappa shape index (κ2) is 9.58. The van der Waals surface area contributed by atoms with Gasteiger partial charge in [-0.05, 0) is 56.6 Å². The number of nitrogens with one attached hydrogen (secondary N) is 4. The van der Waals surface area contributed by atoms with Gasteiger partial charge < -0.3 is 26.3 Å². The van der Waals surface area contributed by atoms with E-state index in [0.717, 1.165) is 44.7 Å². The Balaban J connectivity index is 1.66. The van der Waals surface area contributed by atoms with Gasteiger partial charge in [-0.15, -0.1) is 0 Å². The first kappa shape index (κ1) is 22.1. The quantitative estimate of drug-likeness (QED) is 0.237. The minimum Gasteiger partial charge on any atom is -0.361 e. The molecule has 2 aromatic carbocycles. The van der Waals surface area contributed by atoms with Gasteiger partial charge in [0.1, 0.15) is 6.04 Å². The molecular formula is C24H26BrN5O2. The number of H-pyrrole nitrogens is 2. The number of rotatable bonds is 8. The van der Waals surface area contributed by atoms with E-state index >= 15 is 0 Å². The van der Waals surface area contributed by atoms with Crippen LogP contribution in [-0.4, -0.2) is 34.9 Å². The summed E-state index contributed by atoms with van der Waals surface area (Å²) in [6.45, 7) is 3.06. The van der Waals surface area contributed by atoms with Gasteiger partial charge in [-0.25, -0.2) is 0 Å². The highest BCUT2D eigenvalue weighted by Gasteiger charge is 2.27. The number of aryl methyl sites for hydroxylation is 1. The molecule has 0 aliphatic carbocycles. The Labute approximate surface area is 194 Å². The molecular weight excluding hydrogens is 470 g/mol. The summed E-state index contributed by atoms with van der Waals surface area (Å²) in [6, 6.07) is 10.9. The van der Waals surface area contributed by atoms with Crippen molar-refractivity contribution in [3.05, 3.63) is 70.0 Å². The molecule has 2 aromatic heterocycles. The van der Waals surface area contributed by atoms with Crippen LogP contribution in [-0.2, 0) is 4.79 Å². The van der Waals surface area contributed by atoms with Crippen molar-refractivity contribution in [2.75, 3.05) is 13.1 Å².